The topological polar surface area (TPSA) is 65.2 Å². The average molecular weight is 295 g/mol. The first kappa shape index (κ1) is 12.8. The van der Waals surface area contributed by atoms with Crippen LogP contribution in [0.1, 0.15) is 29.4 Å². The number of ether oxygens (including phenoxy) is 1. The highest BCUT2D eigenvalue weighted by atomic mass is 79.9. The summed E-state index contributed by atoms with van der Waals surface area (Å²) in [4.78, 5) is 14.9. The van der Waals surface area contributed by atoms with Gasteiger partial charge in [-0.3, -0.25) is 0 Å². The predicted octanol–water partition coefficient (Wildman–Crippen LogP) is 2.54. The number of rotatable bonds is 3. The van der Waals surface area contributed by atoms with Gasteiger partial charge in [-0.05, 0) is 22.9 Å². The van der Waals surface area contributed by atoms with Crippen LogP contribution in [0, 0.1) is 0 Å². The summed E-state index contributed by atoms with van der Waals surface area (Å²) in [5, 5.41) is 0. The van der Waals surface area contributed by atoms with Crippen LogP contribution in [-0.2, 0) is 4.74 Å². The second-order valence-corrected chi connectivity index (χ2v) is 3.60. The van der Waals surface area contributed by atoms with E-state index in [9.17, 15) is 13.6 Å². The number of esters is 1. The molecule has 0 aliphatic rings. The zero-order valence-corrected chi connectivity index (χ0v) is 9.92. The number of aromatic nitrogens is 1. The van der Waals surface area contributed by atoms with E-state index in [2.05, 4.69) is 25.7 Å². The SMILES string of the molecule is CCOC(=O)c1ncc(C(F)F)c(Br)c1N. The molecule has 88 valence electrons. The first-order valence-electron chi connectivity index (χ1n) is 4.38. The average Bonchev–Trinajstić information content (AvgIpc) is 2.21. The Balaban J connectivity index is 3.16. The third-order valence-electron chi connectivity index (χ3n) is 1.78. The van der Waals surface area contributed by atoms with Gasteiger partial charge in [0.1, 0.15) is 0 Å². The predicted molar refractivity (Wildman–Crippen MR) is 57.3 cm³/mol. The molecular formula is C9H9BrF2N2O2. The van der Waals surface area contributed by atoms with Gasteiger partial charge >= 0.3 is 5.97 Å². The van der Waals surface area contributed by atoms with E-state index in [0.717, 1.165) is 6.20 Å². The zero-order chi connectivity index (χ0) is 12.3. The second-order valence-electron chi connectivity index (χ2n) is 2.81. The summed E-state index contributed by atoms with van der Waals surface area (Å²) in [7, 11) is 0. The van der Waals surface area contributed by atoms with Crippen molar-refractivity contribution in [2.24, 2.45) is 0 Å². The maximum absolute atomic E-state index is 12.4. The van der Waals surface area contributed by atoms with Crippen LogP contribution in [-0.4, -0.2) is 17.6 Å². The number of hydrogen-bond acceptors (Lipinski definition) is 4. The summed E-state index contributed by atoms with van der Waals surface area (Å²) in [5.74, 6) is -0.735. The number of hydrogen-bond donors (Lipinski definition) is 1. The monoisotopic (exact) mass is 294 g/mol. The Morgan fingerprint density at radius 3 is 2.81 bits per heavy atom. The van der Waals surface area contributed by atoms with Gasteiger partial charge in [0.05, 0.1) is 22.3 Å². The van der Waals surface area contributed by atoms with Gasteiger partial charge < -0.3 is 10.5 Å². The van der Waals surface area contributed by atoms with Crippen molar-refractivity contribution in [3.63, 3.8) is 0 Å². The molecule has 4 nitrogen and oxygen atoms in total. The lowest BCUT2D eigenvalue weighted by atomic mass is 10.2. The molecule has 2 N–H and O–H groups in total. The fraction of sp³-hybridized carbons (Fsp3) is 0.333. The van der Waals surface area contributed by atoms with E-state index >= 15 is 0 Å². The summed E-state index contributed by atoms with van der Waals surface area (Å²) in [6.45, 7) is 1.78. The molecule has 0 bridgehead atoms. The van der Waals surface area contributed by atoms with E-state index in [1.165, 1.54) is 0 Å². The van der Waals surface area contributed by atoms with Gasteiger partial charge in [-0.2, -0.15) is 0 Å². The highest BCUT2D eigenvalue weighted by molar-refractivity contribution is 9.10. The minimum absolute atomic E-state index is 0.0273. The first-order valence-corrected chi connectivity index (χ1v) is 5.17. The summed E-state index contributed by atoms with van der Waals surface area (Å²) in [6.07, 6.45) is -1.81. The number of pyridine rings is 1. The summed E-state index contributed by atoms with van der Waals surface area (Å²) < 4.78 is 29.5. The van der Waals surface area contributed by atoms with Gasteiger partial charge in [0, 0.05) is 6.20 Å². The molecule has 1 aromatic heterocycles. The molecule has 0 unspecified atom stereocenters. The van der Waals surface area contributed by atoms with Crippen molar-refractivity contribution in [3.05, 3.63) is 21.9 Å². The maximum atomic E-state index is 12.4. The lowest BCUT2D eigenvalue weighted by Gasteiger charge is -2.09. The molecule has 1 rings (SSSR count). The fourth-order valence-electron chi connectivity index (χ4n) is 1.03. The minimum atomic E-state index is -2.71. The van der Waals surface area contributed by atoms with Crippen molar-refractivity contribution in [1.82, 2.24) is 4.98 Å². The third kappa shape index (κ3) is 2.46. The van der Waals surface area contributed by atoms with E-state index in [4.69, 9.17) is 5.73 Å². The van der Waals surface area contributed by atoms with Gasteiger partial charge in [-0.25, -0.2) is 18.6 Å². The van der Waals surface area contributed by atoms with Gasteiger partial charge in [0.2, 0.25) is 0 Å². The normalized spacial score (nSPS) is 10.6. The van der Waals surface area contributed by atoms with Crippen LogP contribution in [0.2, 0.25) is 0 Å². The van der Waals surface area contributed by atoms with Crippen molar-refractivity contribution in [1.29, 1.82) is 0 Å². The minimum Gasteiger partial charge on any atom is -0.461 e. The van der Waals surface area contributed by atoms with Crippen LogP contribution < -0.4 is 5.73 Å². The Bertz CT molecular complexity index is 413. The molecule has 0 fully saturated rings. The number of nitrogen functional groups attached to an aromatic ring is 1. The van der Waals surface area contributed by atoms with Gasteiger partial charge in [0.15, 0.2) is 5.69 Å². The van der Waals surface area contributed by atoms with E-state index in [1.54, 1.807) is 6.92 Å². The molecule has 0 atom stereocenters. The van der Waals surface area contributed by atoms with E-state index in [-0.39, 0.29) is 28.0 Å². The van der Waals surface area contributed by atoms with Crippen LogP contribution in [0.25, 0.3) is 0 Å². The quantitative estimate of drug-likeness (QED) is 0.870. The molecule has 0 saturated carbocycles. The Morgan fingerprint density at radius 1 is 1.69 bits per heavy atom. The number of nitrogens with two attached hydrogens (primary N) is 1. The highest BCUT2D eigenvalue weighted by Gasteiger charge is 2.21. The zero-order valence-electron chi connectivity index (χ0n) is 8.34. The Hall–Kier alpha value is -1.24. The molecule has 0 amide bonds. The molecule has 0 spiro atoms. The maximum Gasteiger partial charge on any atom is 0.359 e. The lowest BCUT2D eigenvalue weighted by Crippen LogP contribution is -2.12. The van der Waals surface area contributed by atoms with Crippen LogP contribution in [0.5, 0.6) is 0 Å². The van der Waals surface area contributed by atoms with Gasteiger partial charge in [-0.15, -0.1) is 0 Å². The molecule has 0 radical (unpaired) electrons. The lowest BCUT2D eigenvalue weighted by molar-refractivity contribution is 0.0520. The van der Waals surface area contributed by atoms with Crippen molar-refractivity contribution in [2.45, 2.75) is 13.3 Å². The van der Waals surface area contributed by atoms with Crippen LogP contribution in [0.4, 0.5) is 14.5 Å². The summed E-state index contributed by atoms with van der Waals surface area (Å²) in [6, 6.07) is 0. The molecule has 0 aliphatic carbocycles. The molecule has 7 heteroatoms. The molecule has 16 heavy (non-hydrogen) atoms. The number of carbonyl (C=O) groups excluding carboxylic acids is 1. The third-order valence-corrected chi connectivity index (χ3v) is 2.67. The van der Waals surface area contributed by atoms with E-state index < -0.39 is 12.4 Å². The molecular weight excluding hydrogens is 286 g/mol. The van der Waals surface area contributed by atoms with Crippen LogP contribution in [0.15, 0.2) is 10.7 Å². The van der Waals surface area contributed by atoms with Crippen molar-refractivity contribution >= 4 is 27.6 Å². The van der Waals surface area contributed by atoms with E-state index in [1.807, 2.05) is 0 Å². The fourth-order valence-corrected chi connectivity index (χ4v) is 1.50. The second kappa shape index (κ2) is 5.20. The number of carbonyl (C=O) groups is 1. The van der Waals surface area contributed by atoms with Crippen LogP contribution in [0.3, 0.4) is 0 Å². The summed E-state index contributed by atoms with van der Waals surface area (Å²) >= 11 is 2.90. The largest absolute Gasteiger partial charge is 0.461 e. The molecule has 0 aromatic carbocycles. The Morgan fingerprint density at radius 2 is 2.31 bits per heavy atom. The summed E-state index contributed by atoms with van der Waals surface area (Å²) in [5.41, 5.74) is 4.84. The Labute approximate surface area is 98.9 Å². The number of nitrogens with zero attached hydrogens (tertiary/aromatic N) is 1. The molecule has 0 aliphatic heterocycles. The van der Waals surface area contributed by atoms with Crippen LogP contribution >= 0.6 is 15.9 Å². The van der Waals surface area contributed by atoms with Crippen molar-refractivity contribution in [3.8, 4) is 0 Å². The number of anilines is 1. The highest BCUT2D eigenvalue weighted by Crippen LogP contribution is 2.32. The van der Waals surface area contributed by atoms with Gasteiger partial charge in [0.25, 0.3) is 6.43 Å². The number of alkyl halides is 2. The molecule has 1 heterocycles. The number of halogens is 3. The first-order chi connectivity index (χ1) is 7.49. The van der Waals surface area contributed by atoms with Gasteiger partial charge in [-0.1, -0.05) is 0 Å². The standard InChI is InChI=1S/C9H9BrF2N2O2/c1-2-16-9(15)7-6(13)5(10)4(3-14-7)8(11)12/h3,8H,2,13H2,1H3. The molecule has 0 saturated heterocycles. The molecule has 1 aromatic rings. The van der Waals surface area contributed by atoms with Crippen molar-refractivity contribution < 1.29 is 18.3 Å². The van der Waals surface area contributed by atoms with E-state index in [0.29, 0.717) is 0 Å². The smallest absolute Gasteiger partial charge is 0.359 e. The van der Waals surface area contributed by atoms with Crippen molar-refractivity contribution in [2.75, 3.05) is 12.3 Å². The Kier molecular flexibility index (Phi) is 4.17.